The summed E-state index contributed by atoms with van der Waals surface area (Å²) in [5.74, 6) is -2.09. The molecule has 0 aromatic heterocycles. The molecule has 0 fully saturated rings. The van der Waals surface area contributed by atoms with Gasteiger partial charge < -0.3 is 10.0 Å². The number of carbonyl (C=O) groups is 1. The van der Waals surface area contributed by atoms with Crippen LogP contribution in [0.4, 0.5) is 10.1 Å². The second-order valence-corrected chi connectivity index (χ2v) is 4.28. The standard InChI is InChI=1S/C11H11ClFNO2/c1-14-4-2-3-6-8(14)5-7(12)10(13)9(6)11(15)16/h5H,2-4H2,1H3,(H,15,16). The van der Waals surface area contributed by atoms with E-state index in [9.17, 15) is 9.18 Å². The van der Waals surface area contributed by atoms with Crippen LogP contribution in [0.2, 0.25) is 5.02 Å². The Kier molecular flexibility index (Phi) is 2.76. The Morgan fingerprint density at radius 2 is 2.31 bits per heavy atom. The van der Waals surface area contributed by atoms with Crippen molar-refractivity contribution in [2.45, 2.75) is 12.8 Å². The minimum Gasteiger partial charge on any atom is -0.478 e. The summed E-state index contributed by atoms with van der Waals surface area (Å²) in [5, 5.41) is 8.88. The number of hydrogen-bond donors (Lipinski definition) is 1. The van der Waals surface area contributed by atoms with Crippen LogP contribution in [0.25, 0.3) is 0 Å². The highest BCUT2D eigenvalue weighted by Crippen LogP contribution is 2.34. The largest absolute Gasteiger partial charge is 0.478 e. The average molecular weight is 244 g/mol. The van der Waals surface area contributed by atoms with E-state index in [1.807, 2.05) is 11.9 Å². The third-order valence-corrected chi connectivity index (χ3v) is 3.12. The van der Waals surface area contributed by atoms with Gasteiger partial charge >= 0.3 is 5.97 Å². The highest BCUT2D eigenvalue weighted by atomic mass is 35.5. The molecular formula is C11H11ClFNO2. The lowest BCUT2D eigenvalue weighted by Gasteiger charge is -2.28. The smallest absolute Gasteiger partial charge is 0.339 e. The highest BCUT2D eigenvalue weighted by Gasteiger charge is 2.26. The van der Waals surface area contributed by atoms with Crippen molar-refractivity contribution in [3.8, 4) is 0 Å². The summed E-state index contributed by atoms with van der Waals surface area (Å²) in [5.41, 5.74) is 0.979. The SMILES string of the molecule is CN1CCCc2c1cc(Cl)c(F)c2C(=O)O. The van der Waals surface area contributed by atoms with Gasteiger partial charge in [0.1, 0.15) is 5.56 Å². The maximum Gasteiger partial charge on any atom is 0.339 e. The number of carboxylic acids is 1. The average Bonchev–Trinajstić information content (AvgIpc) is 2.21. The molecular weight excluding hydrogens is 233 g/mol. The maximum absolute atomic E-state index is 13.6. The summed E-state index contributed by atoms with van der Waals surface area (Å²) in [7, 11) is 1.85. The molecule has 1 aromatic rings. The van der Waals surface area contributed by atoms with Crippen LogP contribution in [0.3, 0.4) is 0 Å². The zero-order valence-electron chi connectivity index (χ0n) is 8.76. The number of halogens is 2. The lowest BCUT2D eigenvalue weighted by atomic mass is 9.96. The fourth-order valence-electron chi connectivity index (χ4n) is 2.08. The predicted octanol–water partition coefficient (Wildman–Crippen LogP) is 2.56. The molecule has 1 heterocycles. The molecule has 0 atom stereocenters. The van der Waals surface area contributed by atoms with Gasteiger partial charge in [0.25, 0.3) is 0 Å². The summed E-state index contributed by atoms with van der Waals surface area (Å²) >= 11 is 5.70. The van der Waals surface area contributed by atoms with Crippen molar-refractivity contribution >= 4 is 23.3 Å². The summed E-state index contributed by atoms with van der Waals surface area (Å²) < 4.78 is 13.6. The van der Waals surface area contributed by atoms with Crippen LogP contribution in [0.1, 0.15) is 22.3 Å². The predicted molar refractivity (Wildman–Crippen MR) is 60.0 cm³/mol. The van der Waals surface area contributed by atoms with Gasteiger partial charge in [-0.3, -0.25) is 0 Å². The molecule has 5 heteroatoms. The van der Waals surface area contributed by atoms with E-state index < -0.39 is 11.8 Å². The van der Waals surface area contributed by atoms with Crippen LogP contribution in [0.5, 0.6) is 0 Å². The second kappa shape index (κ2) is 3.94. The first kappa shape index (κ1) is 11.2. The van der Waals surface area contributed by atoms with Gasteiger partial charge in [-0.25, -0.2) is 9.18 Å². The highest BCUT2D eigenvalue weighted by molar-refractivity contribution is 6.31. The first-order chi connectivity index (χ1) is 7.52. The molecule has 3 nitrogen and oxygen atoms in total. The lowest BCUT2D eigenvalue weighted by molar-refractivity contribution is 0.0690. The normalized spacial score (nSPS) is 14.8. The molecule has 0 bridgehead atoms. The van der Waals surface area contributed by atoms with Gasteiger partial charge in [0.15, 0.2) is 5.82 Å². The number of anilines is 1. The number of hydrogen-bond acceptors (Lipinski definition) is 2. The zero-order chi connectivity index (χ0) is 11.9. The molecule has 1 aliphatic rings. The first-order valence-corrected chi connectivity index (χ1v) is 5.35. The fraction of sp³-hybridized carbons (Fsp3) is 0.364. The fourth-order valence-corrected chi connectivity index (χ4v) is 2.28. The van der Waals surface area contributed by atoms with Crippen LogP contribution in [0, 0.1) is 5.82 Å². The van der Waals surface area contributed by atoms with Gasteiger partial charge in [-0.2, -0.15) is 0 Å². The van der Waals surface area contributed by atoms with Crippen molar-refractivity contribution in [1.82, 2.24) is 0 Å². The van der Waals surface area contributed by atoms with E-state index >= 15 is 0 Å². The van der Waals surface area contributed by atoms with Gasteiger partial charge in [0.05, 0.1) is 5.02 Å². The van der Waals surface area contributed by atoms with Gasteiger partial charge in [-0.15, -0.1) is 0 Å². The summed E-state index contributed by atoms with van der Waals surface area (Å²) in [6, 6.07) is 1.50. The van der Waals surface area contributed by atoms with Crippen molar-refractivity contribution in [1.29, 1.82) is 0 Å². The van der Waals surface area contributed by atoms with E-state index in [2.05, 4.69) is 0 Å². The van der Waals surface area contributed by atoms with E-state index in [0.29, 0.717) is 12.0 Å². The molecule has 0 spiro atoms. The van der Waals surface area contributed by atoms with Gasteiger partial charge in [0, 0.05) is 19.3 Å². The number of rotatable bonds is 1. The number of carboxylic acid groups (broad SMARTS) is 1. The molecule has 1 aromatic carbocycles. The van der Waals surface area contributed by atoms with Crippen molar-refractivity contribution in [3.63, 3.8) is 0 Å². The summed E-state index contributed by atoms with van der Waals surface area (Å²) in [6.45, 7) is 0.827. The van der Waals surface area contributed by atoms with Crippen LogP contribution in [-0.2, 0) is 6.42 Å². The second-order valence-electron chi connectivity index (χ2n) is 3.88. The maximum atomic E-state index is 13.6. The molecule has 1 aliphatic heterocycles. The summed E-state index contributed by atoms with van der Waals surface area (Å²) in [4.78, 5) is 12.9. The Hall–Kier alpha value is -1.29. The van der Waals surface area contributed by atoms with Crippen LogP contribution >= 0.6 is 11.6 Å². The van der Waals surface area contributed by atoms with E-state index in [1.54, 1.807) is 0 Å². The van der Waals surface area contributed by atoms with Crippen LogP contribution in [0.15, 0.2) is 6.07 Å². The van der Waals surface area contributed by atoms with Gasteiger partial charge in [-0.05, 0) is 24.5 Å². The molecule has 0 unspecified atom stereocenters. The number of fused-ring (bicyclic) bond motifs is 1. The van der Waals surface area contributed by atoms with E-state index in [1.165, 1.54) is 6.07 Å². The van der Waals surface area contributed by atoms with E-state index in [0.717, 1.165) is 18.7 Å². The third kappa shape index (κ3) is 1.63. The zero-order valence-corrected chi connectivity index (χ0v) is 9.51. The molecule has 0 aliphatic carbocycles. The Bertz CT molecular complexity index is 462. The molecule has 86 valence electrons. The Morgan fingerprint density at radius 1 is 1.62 bits per heavy atom. The topological polar surface area (TPSA) is 40.5 Å². The van der Waals surface area contributed by atoms with Crippen molar-refractivity contribution < 1.29 is 14.3 Å². The van der Waals surface area contributed by atoms with Crippen molar-refractivity contribution in [2.24, 2.45) is 0 Å². The summed E-state index contributed by atoms with van der Waals surface area (Å²) in [6.07, 6.45) is 1.40. The van der Waals surface area contributed by atoms with Crippen LogP contribution in [-0.4, -0.2) is 24.7 Å². The molecule has 0 saturated carbocycles. The van der Waals surface area contributed by atoms with Gasteiger partial charge in [-0.1, -0.05) is 11.6 Å². The van der Waals surface area contributed by atoms with E-state index in [4.69, 9.17) is 16.7 Å². The van der Waals surface area contributed by atoms with Gasteiger partial charge in [0.2, 0.25) is 0 Å². The molecule has 16 heavy (non-hydrogen) atoms. The molecule has 2 rings (SSSR count). The Labute approximate surface area is 97.4 Å². The van der Waals surface area contributed by atoms with Crippen LogP contribution < -0.4 is 4.90 Å². The molecule has 0 radical (unpaired) electrons. The minimum atomic E-state index is -1.26. The quantitative estimate of drug-likeness (QED) is 0.824. The first-order valence-electron chi connectivity index (χ1n) is 4.97. The Balaban J connectivity index is 2.71. The Morgan fingerprint density at radius 3 is 2.94 bits per heavy atom. The number of nitrogens with zero attached hydrogens (tertiary/aromatic N) is 1. The molecule has 1 N–H and O–H groups in total. The minimum absolute atomic E-state index is 0.134. The number of benzene rings is 1. The monoisotopic (exact) mass is 243 g/mol. The van der Waals surface area contributed by atoms with Crippen molar-refractivity contribution in [2.75, 3.05) is 18.5 Å². The number of aromatic carboxylic acids is 1. The third-order valence-electron chi connectivity index (χ3n) is 2.85. The lowest BCUT2D eigenvalue weighted by Crippen LogP contribution is -2.26. The molecule has 0 saturated heterocycles. The van der Waals surface area contributed by atoms with E-state index in [-0.39, 0.29) is 10.6 Å². The van der Waals surface area contributed by atoms with Crippen molar-refractivity contribution in [3.05, 3.63) is 28.0 Å². The molecule has 0 amide bonds.